The van der Waals surface area contributed by atoms with E-state index < -0.39 is 0 Å². The van der Waals surface area contributed by atoms with Gasteiger partial charge in [0.2, 0.25) is 11.9 Å². The second kappa shape index (κ2) is 7.45. The first kappa shape index (κ1) is 15.1. The van der Waals surface area contributed by atoms with Gasteiger partial charge in [-0.2, -0.15) is 24.7 Å². The van der Waals surface area contributed by atoms with Crippen molar-refractivity contribution in [1.82, 2.24) is 34.6 Å². The van der Waals surface area contributed by atoms with Crippen LogP contribution >= 0.6 is 0 Å². The number of nitrogen functional groups attached to an aromatic ring is 1. The van der Waals surface area contributed by atoms with Gasteiger partial charge in [-0.05, 0) is 33.5 Å². The number of nitrogens with zero attached hydrogens (tertiary/aromatic N) is 7. The van der Waals surface area contributed by atoms with E-state index in [1.54, 1.807) is 0 Å². The smallest absolute Gasteiger partial charge is 0.258 e. The molecule has 2 aromatic rings. The molecular weight excluding hydrogens is 272 g/mol. The lowest BCUT2D eigenvalue weighted by Gasteiger charge is -2.10. The molecule has 0 aliphatic rings. The highest BCUT2D eigenvalue weighted by Gasteiger charge is 2.07. The second-order valence-electron chi connectivity index (χ2n) is 4.70. The minimum Gasteiger partial charge on any atom is -0.354 e. The number of hydrogen-bond donors (Lipinski definition) is 3. The number of unbranched alkanes of at least 4 members (excludes halogenated alkanes) is 1. The van der Waals surface area contributed by atoms with Gasteiger partial charge in [-0.15, -0.1) is 0 Å². The monoisotopic (exact) mass is 292 g/mol. The number of hydrazine groups is 1. The van der Waals surface area contributed by atoms with Crippen LogP contribution in [-0.2, 0) is 0 Å². The fourth-order valence-electron chi connectivity index (χ4n) is 1.68. The van der Waals surface area contributed by atoms with E-state index in [-0.39, 0.29) is 5.95 Å². The molecule has 0 fully saturated rings. The summed E-state index contributed by atoms with van der Waals surface area (Å²) in [6.07, 6.45) is 5.04. The summed E-state index contributed by atoms with van der Waals surface area (Å²) >= 11 is 0. The highest BCUT2D eigenvalue weighted by Crippen LogP contribution is 2.07. The molecule has 2 aromatic heterocycles. The Hall–Kier alpha value is -2.33. The van der Waals surface area contributed by atoms with E-state index >= 15 is 0 Å². The van der Waals surface area contributed by atoms with Crippen LogP contribution in [0.3, 0.4) is 0 Å². The van der Waals surface area contributed by atoms with Gasteiger partial charge in [-0.25, -0.2) is 10.8 Å². The Bertz CT molecular complexity index is 538. The van der Waals surface area contributed by atoms with E-state index in [4.69, 9.17) is 5.84 Å². The van der Waals surface area contributed by atoms with Gasteiger partial charge in [0.25, 0.3) is 5.95 Å². The van der Waals surface area contributed by atoms with Gasteiger partial charge in [0.1, 0.15) is 12.7 Å². The summed E-state index contributed by atoms with van der Waals surface area (Å²) in [6, 6.07) is 0. The van der Waals surface area contributed by atoms with E-state index in [2.05, 4.69) is 54.8 Å². The third-order valence-electron chi connectivity index (χ3n) is 2.69. The largest absolute Gasteiger partial charge is 0.354 e. The molecule has 10 heteroatoms. The molecule has 2 heterocycles. The Morgan fingerprint density at radius 1 is 1.19 bits per heavy atom. The van der Waals surface area contributed by atoms with Crippen LogP contribution in [0.1, 0.15) is 12.8 Å². The quantitative estimate of drug-likeness (QED) is 0.335. The molecule has 0 atom stereocenters. The zero-order chi connectivity index (χ0) is 15.1. The molecule has 21 heavy (non-hydrogen) atoms. The van der Waals surface area contributed by atoms with Crippen LogP contribution in [0.4, 0.5) is 11.9 Å². The fraction of sp³-hybridized carbons (Fsp3) is 0.545. The van der Waals surface area contributed by atoms with Crippen molar-refractivity contribution in [1.29, 1.82) is 0 Å². The van der Waals surface area contributed by atoms with Gasteiger partial charge in [0.15, 0.2) is 0 Å². The molecule has 114 valence electrons. The van der Waals surface area contributed by atoms with Crippen molar-refractivity contribution in [3.8, 4) is 5.95 Å². The van der Waals surface area contributed by atoms with Crippen LogP contribution in [0.25, 0.3) is 5.95 Å². The lowest BCUT2D eigenvalue weighted by molar-refractivity contribution is 0.396. The zero-order valence-corrected chi connectivity index (χ0v) is 12.2. The number of nitrogens with one attached hydrogen (secondary N) is 2. The van der Waals surface area contributed by atoms with Crippen molar-refractivity contribution in [2.45, 2.75) is 12.8 Å². The number of rotatable bonds is 8. The topological polar surface area (TPSA) is 123 Å². The fourth-order valence-corrected chi connectivity index (χ4v) is 1.68. The Morgan fingerprint density at radius 2 is 2.00 bits per heavy atom. The number of anilines is 2. The molecule has 0 amide bonds. The van der Waals surface area contributed by atoms with Crippen LogP contribution < -0.4 is 16.6 Å². The highest BCUT2D eigenvalue weighted by atomic mass is 15.4. The summed E-state index contributed by atoms with van der Waals surface area (Å²) in [6.45, 7) is 1.83. The Balaban J connectivity index is 1.97. The number of hydrogen-bond acceptors (Lipinski definition) is 9. The van der Waals surface area contributed by atoms with Crippen molar-refractivity contribution in [2.24, 2.45) is 5.84 Å². The predicted molar refractivity (Wildman–Crippen MR) is 78.8 cm³/mol. The average molecular weight is 292 g/mol. The maximum atomic E-state index is 5.37. The van der Waals surface area contributed by atoms with Crippen LogP contribution in [0.5, 0.6) is 0 Å². The standard InChI is InChI=1S/C11H20N10/c1-20(2)6-4-3-5-14-9-16-10(19-12)18-11(17-9)21-8-13-7-15-21/h7-8H,3-6,12H2,1-2H3,(H2,14,16,17,18,19). The van der Waals surface area contributed by atoms with Gasteiger partial charge in [-0.1, -0.05) is 0 Å². The molecule has 2 rings (SSSR count). The molecule has 0 bridgehead atoms. The third kappa shape index (κ3) is 4.61. The second-order valence-corrected chi connectivity index (χ2v) is 4.70. The summed E-state index contributed by atoms with van der Waals surface area (Å²) in [5.41, 5.74) is 2.42. The van der Waals surface area contributed by atoms with E-state index in [1.807, 2.05) is 0 Å². The third-order valence-corrected chi connectivity index (χ3v) is 2.69. The van der Waals surface area contributed by atoms with Gasteiger partial charge < -0.3 is 10.2 Å². The van der Waals surface area contributed by atoms with Crippen molar-refractivity contribution in [3.63, 3.8) is 0 Å². The first-order valence-electron chi connectivity index (χ1n) is 6.65. The van der Waals surface area contributed by atoms with Crippen molar-refractivity contribution >= 4 is 11.9 Å². The summed E-state index contributed by atoms with van der Waals surface area (Å²) in [7, 11) is 4.12. The summed E-state index contributed by atoms with van der Waals surface area (Å²) in [4.78, 5) is 18.6. The first-order chi connectivity index (χ1) is 10.2. The van der Waals surface area contributed by atoms with E-state index in [9.17, 15) is 0 Å². The molecule has 0 unspecified atom stereocenters. The van der Waals surface area contributed by atoms with E-state index in [0.717, 1.165) is 25.9 Å². The van der Waals surface area contributed by atoms with Gasteiger partial charge in [0.05, 0.1) is 0 Å². The van der Waals surface area contributed by atoms with Gasteiger partial charge >= 0.3 is 0 Å². The molecule has 0 spiro atoms. The molecule has 0 aliphatic heterocycles. The van der Waals surface area contributed by atoms with Crippen LogP contribution in [0.15, 0.2) is 12.7 Å². The highest BCUT2D eigenvalue weighted by molar-refractivity contribution is 5.36. The number of aromatic nitrogens is 6. The molecule has 10 nitrogen and oxygen atoms in total. The van der Waals surface area contributed by atoms with Crippen molar-refractivity contribution < 1.29 is 0 Å². The normalized spacial score (nSPS) is 10.9. The van der Waals surface area contributed by atoms with Crippen molar-refractivity contribution in [2.75, 3.05) is 37.9 Å². The van der Waals surface area contributed by atoms with Gasteiger partial charge in [0, 0.05) is 6.54 Å². The lowest BCUT2D eigenvalue weighted by Crippen LogP contribution is -2.17. The molecule has 4 N–H and O–H groups in total. The predicted octanol–water partition coefficient (Wildman–Crippen LogP) is -0.508. The summed E-state index contributed by atoms with van der Waals surface area (Å²) in [5, 5.41) is 7.14. The molecule has 0 radical (unpaired) electrons. The SMILES string of the molecule is CN(C)CCCCNc1nc(NN)nc(-n2cncn2)n1. The first-order valence-corrected chi connectivity index (χ1v) is 6.65. The van der Waals surface area contributed by atoms with E-state index in [0.29, 0.717) is 11.9 Å². The Kier molecular flexibility index (Phi) is 5.35. The lowest BCUT2D eigenvalue weighted by atomic mass is 10.3. The molecule has 0 saturated heterocycles. The molecule has 0 saturated carbocycles. The summed E-state index contributed by atoms with van der Waals surface area (Å²) < 4.78 is 1.44. The Morgan fingerprint density at radius 3 is 2.67 bits per heavy atom. The summed E-state index contributed by atoms with van der Waals surface area (Å²) in [5.74, 6) is 6.44. The minimum atomic E-state index is 0.270. The van der Waals surface area contributed by atoms with Crippen LogP contribution in [0.2, 0.25) is 0 Å². The Labute approximate surface area is 122 Å². The molecule has 0 aliphatic carbocycles. The maximum Gasteiger partial charge on any atom is 0.258 e. The molecule has 0 aromatic carbocycles. The molecular formula is C11H20N10. The van der Waals surface area contributed by atoms with E-state index in [1.165, 1.54) is 17.3 Å². The number of nitrogens with two attached hydrogens (primary N) is 1. The van der Waals surface area contributed by atoms with Crippen LogP contribution in [0, 0.1) is 0 Å². The van der Waals surface area contributed by atoms with Gasteiger partial charge in [-0.3, -0.25) is 5.43 Å². The van der Waals surface area contributed by atoms with Crippen LogP contribution in [-0.4, -0.2) is 61.8 Å². The minimum absolute atomic E-state index is 0.270. The average Bonchev–Trinajstić information content (AvgIpc) is 3.00. The maximum absolute atomic E-state index is 5.37. The zero-order valence-electron chi connectivity index (χ0n) is 12.2. The van der Waals surface area contributed by atoms with Crippen molar-refractivity contribution in [3.05, 3.63) is 12.7 Å².